The van der Waals surface area contributed by atoms with Crippen LogP contribution in [0.2, 0.25) is 0 Å². The predicted molar refractivity (Wildman–Crippen MR) is 77.6 cm³/mol. The SMILES string of the molecule is Cc1ccc(S(=O)(=O)Oc2cccnc2N(C)C)cc1. The van der Waals surface area contributed by atoms with Gasteiger partial charge in [-0.3, -0.25) is 0 Å². The molecule has 0 amide bonds. The fourth-order valence-corrected chi connectivity index (χ4v) is 2.59. The topological polar surface area (TPSA) is 59.5 Å². The molecule has 0 bridgehead atoms. The Morgan fingerprint density at radius 1 is 1.10 bits per heavy atom. The van der Waals surface area contributed by atoms with Gasteiger partial charge in [-0.1, -0.05) is 17.7 Å². The molecule has 106 valence electrons. The molecule has 0 radical (unpaired) electrons. The summed E-state index contributed by atoms with van der Waals surface area (Å²) in [5.74, 6) is 0.668. The number of anilines is 1. The summed E-state index contributed by atoms with van der Waals surface area (Å²) in [5.41, 5.74) is 0.985. The second-order valence-corrected chi connectivity index (χ2v) is 6.12. The van der Waals surface area contributed by atoms with Crippen LogP contribution in [0.5, 0.6) is 5.75 Å². The lowest BCUT2D eigenvalue weighted by Gasteiger charge is -2.15. The average Bonchev–Trinajstić information content (AvgIpc) is 2.39. The molecule has 0 unspecified atom stereocenters. The zero-order chi connectivity index (χ0) is 14.8. The van der Waals surface area contributed by atoms with Gasteiger partial charge in [0.1, 0.15) is 4.90 Å². The Balaban J connectivity index is 2.36. The molecule has 6 heteroatoms. The van der Waals surface area contributed by atoms with Crippen LogP contribution in [-0.4, -0.2) is 27.5 Å². The van der Waals surface area contributed by atoms with Crippen LogP contribution in [-0.2, 0) is 10.1 Å². The maximum absolute atomic E-state index is 12.2. The van der Waals surface area contributed by atoms with E-state index in [9.17, 15) is 8.42 Å². The van der Waals surface area contributed by atoms with Gasteiger partial charge in [-0.2, -0.15) is 8.42 Å². The summed E-state index contributed by atoms with van der Waals surface area (Å²) in [6.07, 6.45) is 1.58. The average molecular weight is 292 g/mol. The summed E-state index contributed by atoms with van der Waals surface area (Å²) >= 11 is 0. The molecule has 0 saturated carbocycles. The van der Waals surface area contributed by atoms with Gasteiger partial charge in [-0.25, -0.2) is 4.98 Å². The van der Waals surface area contributed by atoms with E-state index in [-0.39, 0.29) is 10.6 Å². The van der Waals surface area contributed by atoms with Crippen LogP contribution in [0.1, 0.15) is 5.56 Å². The summed E-state index contributed by atoms with van der Waals surface area (Å²) in [7, 11) is -0.310. The molecule has 0 aliphatic rings. The molecule has 2 rings (SSSR count). The Labute approximate surface area is 119 Å². The van der Waals surface area contributed by atoms with Gasteiger partial charge < -0.3 is 9.08 Å². The minimum Gasteiger partial charge on any atom is -0.375 e. The van der Waals surface area contributed by atoms with Crippen LogP contribution in [0.4, 0.5) is 5.82 Å². The zero-order valence-corrected chi connectivity index (χ0v) is 12.4. The highest BCUT2D eigenvalue weighted by Crippen LogP contribution is 2.26. The van der Waals surface area contributed by atoms with Crippen molar-refractivity contribution in [1.29, 1.82) is 0 Å². The van der Waals surface area contributed by atoms with E-state index in [0.29, 0.717) is 5.82 Å². The number of rotatable bonds is 4. The van der Waals surface area contributed by atoms with Crippen molar-refractivity contribution in [2.45, 2.75) is 11.8 Å². The van der Waals surface area contributed by atoms with E-state index in [1.54, 1.807) is 49.5 Å². The van der Waals surface area contributed by atoms with E-state index >= 15 is 0 Å². The van der Waals surface area contributed by atoms with Gasteiger partial charge in [0.2, 0.25) is 0 Å². The third kappa shape index (κ3) is 3.08. The highest BCUT2D eigenvalue weighted by molar-refractivity contribution is 7.87. The Morgan fingerprint density at radius 2 is 1.75 bits per heavy atom. The van der Waals surface area contributed by atoms with Gasteiger partial charge in [0.05, 0.1) is 0 Å². The summed E-state index contributed by atoms with van der Waals surface area (Å²) < 4.78 is 29.6. The Hall–Kier alpha value is -2.08. The van der Waals surface area contributed by atoms with E-state index in [0.717, 1.165) is 5.56 Å². The first-order valence-corrected chi connectivity index (χ1v) is 7.44. The lowest BCUT2D eigenvalue weighted by atomic mass is 10.2. The largest absolute Gasteiger partial charge is 0.375 e. The molecule has 20 heavy (non-hydrogen) atoms. The van der Waals surface area contributed by atoms with Crippen LogP contribution in [0.15, 0.2) is 47.5 Å². The molecular weight excluding hydrogens is 276 g/mol. The van der Waals surface area contributed by atoms with E-state index < -0.39 is 10.1 Å². The van der Waals surface area contributed by atoms with Crippen LogP contribution < -0.4 is 9.08 Å². The molecule has 0 saturated heterocycles. The Morgan fingerprint density at radius 3 is 2.35 bits per heavy atom. The second kappa shape index (κ2) is 5.50. The molecule has 0 aliphatic heterocycles. The third-order valence-electron chi connectivity index (χ3n) is 2.68. The first-order chi connectivity index (χ1) is 9.40. The number of aromatic nitrogens is 1. The number of hydrogen-bond acceptors (Lipinski definition) is 5. The standard InChI is InChI=1S/C14H16N2O3S/c1-11-6-8-12(9-7-11)20(17,18)19-13-5-4-10-15-14(13)16(2)3/h4-10H,1-3H3. The fraction of sp³-hybridized carbons (Fsp3) is 0.214. The predicted octanol–water partition coefficient (Wildman–Crippen LogP) is 2.22. The Kier molecular flexibility index (Phi) is 3.94. The van der Waals surface area contributed by atoms with Crippen molar-refractivity contribution < 1.29 is 12.6 Å². The minimum absolute atomic E-state index is 0.122. The monoisotopic (exact) mass is 292 g/mol. The molecule has 1 heterocycles. The summed E-state index contributed by atoms with van der Waals surface area (Å²) in [4.78, 5) is 5.92. The highest BCUT2D eigenvalue weighted by atomic mass is 32.2. The maximum atomic E-state index is 12.2. The summed E-state index contributed by atoms with van der Waals surface area (Å²) in [6, 6.07) is 9.71. The highest BCUT2D eigenvalue weighted by Gasteiger charge is 2.19. The van der Waals surface area contributed by atoms with Crippen molar-refractivity contribution in [1.82, 2.24) is 4.98 Å². The van der Waals surface area contributed by atoms with Crippen LogP contribution >= 0.6 is 0 Å². The van der Waals surface area contributed by atoms with Gasteiger partial charge in [0.15, 0.2) is 11.6 Å². The van der Waals surface area contributed by atoms with Crippen LogP contribution in [0, 0.1) is 6.92 Å². The molecule has 0 spiro atoms. The number of aryl methyl sites for hydroxylation is 1. The molecule has 2 aromatic rings. The van der Waals surface area contributed by atoms with Gasteiger partial charge in [-0.05, 0) is 31.2 Å². The van der Waals surface area contributed by atoms with E-state index in [1.165, 1.54) is 12.1 Å². The second-order valence-electron chi connectivity index (χ2n) is 4.57. The summed E-state index contributed by atoms with van der Waals surface area (Å²) in [6.45, 7) is 1.89. The molecule has 1 aromatic heterocycles. The zero-order valence-electron chi connectivity index (χ0n) is 11.6. The number of hydrogen-bond donors (Lipinski definition) is 0. The summed E-state index contributed by atoms with van der Waals surface area (Å²) in [5, 5.41) is 0. The molecule has 0 N–H and O–H groups in total. The van der Waals surface area contributed by atoms with Crippen LogP contribution in [0.3, 0.4) is 0 Å². The maximum Gasteiger partial charge on any atom is 0.339 e. The lowest BCUT2D eigenvalue weighted by molar-refractivity contribution is 0.485. The quantitative estimate of drug-likeness (QED) is 0.809. The van der Waals surface area contributed by atoms with E-state index in [4.69, 9.17) is 4.18 Å². The smallest absolute Gasteiger partial charge is 0.339 e. The first-order valence-electron chi connectivity index (χ1n) is 6.03. The number of pyridine rings is 1. The van der Waals surface area contributed by atoms with Crippen LogP contribution in [0.25, 0.3) is 0 Å². The molecular formula is C14H16N2O3S. The van der Waals surface area contributed by atoms with Crippen molar-refractivity contribution in [3.05, 3.63) is 48.2 Å². The van der Waals surface area contributed by atoms with E-state index in [2.05, 4.69) is 4.98 Å². The third-order valence-corrected chi connectivity index (χ3v) is 3.93. The number of benzene rings is 1. The van der Waals surface area contributed by atoms with Gasteiger partial charge in [0.25, 0.3) is 0 Å². The van der Waals surface area contributed by atoms with Crippen molar-refractivity contribution in [3.8, 4) is 5.75 Å². The molecule has 0 atom stereocenters. The fourth-order valence-electron chi connectivity index (χ4n) is 1.65. The van der Waals surface area contributed by atoms with E-state index in [1.807, 2.05) is 6.92 Å². The molecule has 0 fully saturated rings. The van der Waals surface area contributed by atoms with Gasteiger partial charge >= 0.3 is 10.1 Å². The van der Waals surface area contributed by atoms with Gasteiger partial charge in [-0.15, -0.1) is 0 Å². The minimum atomic E-state index is -3.85. The first kappa shape index (κ1) is 14.3. The Bertz CT molecular complexity index is 695. The van der Waals surface area contributed by atoms with Crippen molar-refractivity contribution >= 4 is 15.9 Å². The van der Waals surface area contributed by atoms with Crippen molar-refractivity contribution in [2.24, 2.45) is 0 Å². The van der Waals surface area contributed by atoms with Crippen molar-refractivity contribution in [3.63, 3.8) is 0 Å². The molecule has 0 aliphatic carbocycles. The molecule has 5 nitrogen and oxygen atoms in total. The van der Waals surface area contributed by atoms with Crippen molar-refractivity contribution in [2.75, 3.05) is 19.0 Å². The lowest BCUT2D eigenvalue weighted by Crippen LogP contribution is -2.15. The normalized spacial score (nSPS) is 11.2. The molecule has 1 aromatic carbocycles. The number of nitrogens with zero attached hydrogens (tertiary/aromatic N) is 2. The van der Waals surface area contributed by atoms with Gasteiger partial charge in [0, 0.05) is 20.3 Å².